The number of anilines is 2. The van der Waals surface area contributed by atoms with Crippen LogP contribution in [-0.2, 0) is 0 Å². The first kappa shape index (κ1) is 16.4. The molecule has 0 bridgehead atoms. The summed E-state index contributed by atoms with van der Waals surface area (Å²) in [5, 5.41) is 14.8. The lowest BCUT2D eigenvalue weighted by Crippen LogP contribution is -2.28. The first-order valence-corrected chi connectivity index (χ1v) is 7.39. The fraction of sp³-hybridized carbons (Fsp3) is 0.294. The minimum absolute atomic E-state index is 0.216. The van der Waals surface area contributed by atoms with Crippen LogP contribution in [0.2, 0.25) is 0 Å². The molecule has 0 unspecified atom stereocenters. The zero-order valence-corrected chi connectivity index (χ0v) is 13.4. The summed E-state index contributed by atoms with van der Waals surface area (Å²) in [5.74, 6) is 1.21. The van der Waals surface area contributed by atoms with Gasteiger partial charge < -0.3 is 10.6 Å². The van der Waals surface area contributed by atoms with E-state index in [2.05, 4.69) is 26.7 Å². The highest BCUT2D eigenvalue weighted by Gasteiger charge is 2.11. The maximum Gasteiger partial charge on any atom is 0.270 e. The van der Waals surface area contributed by atoms with Crippen molar-refractivity contribution in [1.29, 1.82) is 5.26 Å². The van der Waals surface area contributed by atoms with Gasteiger partial charge in [-0.3, -0.25) is 4.79 Å². The average Bonchev–Trinajstić information content (AvgIpc) is 2.52. The summed E-state index contributed by atoms with van der Waals surface area (Å²) in [6, 6.07) is 10.7. The molecule has 0 saturated heterocycles. The minimum Gasteiger partial charge on any atom is -0.350 e. The Kier molecular flexibility index (Phi) is 5.26. The zero-order chi connectivity index (χ0) is 16.8. The van der Waals surface area contributed by atoms with Gasteiger partial charge in [0.25, 0.3) is 5.91 Å². The van der Waals surface area contributed by atoms with Gasteiger partial charge in [-0.05, 0) is 37.1 Å². The largest absolute Gasteiger partial charge is 0.350 e. The van der Waals surface area contributed by atoms with Gasteiger partial charge in [0.15, 0.2) is 0 Å². The highest BCUT2D eigenvalue weighted by Crippen LogP contribution is 2.16. The lowest BCUT2D eigenvalue weighted by atomic mass is 10.2. The van der Waals surface area contributed by atoms with Gasteiger partial charge in [-0.2, -0.15) is 5.26 Å². The van der Waals surface area contributed by atoms with Crippen molar-refractivity contribution in [3.8, 4) is 6.07 Å². The van der Waals surface area contributed by atoms with Crippen LogP contribution in [0.1, 0.15) is 35.7 Å². The van der Waals surface area contributed by atoms with Crippen LogP contribution in [0.4, 0.5) is 11.5 Å². The highest BCUT2D eigenvalue weighted by molar-refractivity contribution is 5.93. The van der Waals surface area contributed by atoms with E-state index in [1.54, 1.807) is 37.3 Å². The first-order chi connectivity index (χ1) is 11.0. The molecule has 0 aliphatic carbocycles. The predicted octanol–water partition coefficient (Wildman–Crippen LogP) is 2.79. The van der Waals surface area contributed by atoms with Crippen LogP contribution in [0.3, 0.4) is 0 Å². The quantitative estimate of drug-likeness (QED) is 0.886. The molecule has 6 nitrogen and oxygen atoms in total. The number of carbonyl (C=O) groups excluding carboxylic acids is 1. The number of aryl methyl sites for hydroxylation is 1. The van der Waals surface area contributed by atoms with Crippen LogP contribution >= 0.6 is 0 Å². The molecule has 1 heterocycles. The van der Waals surface area contributed by atoms with Gasteiger partial charge in [0.2, 0.25) is 0 Å². The summed E-state index contributed by atoms with van der Waals surface area (Å²) < 4.78 is 0. The van der Waals surface area contributed by atoms with Crippen molar-refractivity contribution in [2.45, 2.75) is 20.8 Å². The molecule has 0 aliphatic heterocycles. The number of amides is 1. The van der Waals surface area contributed by atoms with E-state index < -0.39 is 0 Å². The molecular formula is C17H19N5O. The summed E-state index contributed by atoms with van der Waals surface area (Å²) in [6.07, 6.45) is 0. The van der Waals surface area contributed by atoms with Crippen LogP contribution in [-0.4, -0.2) is 22.4 Å². The van der Waals surface area contributed by atoms with Crippen LogP contribution < -0.4 is 10.6 Å². The third-order valence-corrected chi connectivity index (χ3v) is 3.03. The van der Waals surface area contributed by atoms with E-state index in [0.717, 1.165) is 5.69 Å². The van der Waals surface area contributed by atoms with Crippen molar-refractivity contribution in [1.82, 2.24) is 15.3 Å². The summed E-state index contributed by atoms with van der Waals surface area (Å²) in [7, 11) is 0. The summed E-state index contributed by atoms with van der Waals surface area (Å²) in [6.45, 7) is 6.40. The van der Waals surface area contributed by atoms with Crippen molar-refractivity contribution in [3.05, 3.63) is 47.4 Å². The van der Waals surface area contributed by atoms with Crippen molar-refractivity contribution < 1.29 is 4.79 Å². The molecule has 1 amide bonds. The minimum atomic E-state index is -0.216. The number of nitrogens with zero attached hydrogens (tertiary/aromatic N) is 3. The van der Waals surface area contributed by atoms with Gasteiger partial charge in [-0.1, -0.05) is 13.8 Å². The normalized spacial score (nSPS) is 10.2. The number of hydrogen-bond acceptors (Lipinski definition) is 5. The zero-order valence-electron chi connectivity index (χ0n) is 13.4. The second kappa shape index (κ2) is 7.36. The topological polar surface area (TPSA) is 90.7 Å². The molecule has 0 aliphatic rings. The Morgan fingerprint density at radius 2 is 1.96 bits per heavy atom. The summed E-state index contributed by atoms with van der Waals surface area (Å²) in [4.78, 5) is 20.6. The van der Waals surface area contributed by atoms with E-state index in [1.807, 2.05) is 13.8 Å². The van der Waals surface area contributed by atoms with Gasteiger partial charge >= 0.3 is 0 Å². The predicted molar refractivity (Wildman–Crippen MR) is 88.4 cm³/mol. The molecule has 2 rings (SSSR count). The van der Waals surface area contributed by atoms with Gasteiger partial charge in [0.1, 0.15) is 17.3 Å². The molecule has 1 aromatic carbocycles. The maximum absolute atomic E-state index is 12.1. The number of nitrogens with one attached hydrogen (secondary N) is 2. The van der Waals surface area contributed by atoms with E-state index in [9.17, 15) is 4.79 Å². The van der Waals surface area contributed by atoms with Gasteiger partial charge in [-0.25, -0.2) is 9.97 Å². The van der Waals surface area contributed by atoms with E-state index in [1.165, 1.54) is 0 Å². The smallest absolute Gasteiger partial charge is 0.270 e. The molecule has 6 heteroatoms. The maximum atomic E-state index is 12.1. The number of benzene rings is 1. The fourth-order valence-corrected chi connectivity index (χ4v) is 1.91. The second-order valence-electron chi connectivity index (χ2n) is 5.60. The number of carbonyl (C=O) groups is 1. The van der Waals surface area contributed by atoms with E-state index >= 15 is 0 Å². The van der Waals surface area contributed by atoms with Crippen LogP contribution in [0.25, 0.3) is 0 Å². The molecule has 118 valence electrons. The van der Waals surface area contributed by atoms with Crippen LogP contribution in [0.15, 0.2) is 30.3 Å². The molecule has 23 heavy (non-hydrogen) atoms. The molecular weight excluding hydrogens is 290 g/mol. The monoisotopic (exact) mass is 309 g/mol. The van der Waals surface area contributed by atoms with Gasteiger partial charge in [0.05, 0.1) is 11.6 Å². The Morgan fingerprint density at radius 1 is 1.26 bits per heavy atom. The summed E-state index contributed by atoms with van der Waals surface area (Å²) in [5.41, 5.74) is 1.70. The Morgan fingerprint density at radius 3 is 2.57 bits per heavy atom. The molecule has 1 aromatic heterocycles. The Hall–Kier alpha value is -2.94. The van der Waals surface area contributed by atoms with Crippen molar-refractivity contribution in [2.24, 2.45) is 5.92 Å². The first-order valence-electron chi connectivity index (χ1n) is 7.39. The number of hydrogen-bond donors (Lipinski definition) is 2. The molecule has 0 radical (unpaired) electrons. The van der Waals surface area contributed by atoms with Crippen molar-refractivity contribution in [3.63, 3.8) is 0 Å². The molecule has 2 aromatic rings. The molecule has 0 fully saturated rings. The number of nitriles is 1. The van der Waals surface area contributed by atoms with E-state index in [0.29, 0.717) is 35.4 Å². The number of aromatic nitrogens is 2. The van der Waals surface area contributed by atoms with E-state index in [4.69, 9.17) is 5.26 Å². The Labute approximate surface area is 135 Å². The average molecular weight is 309 g/mol. The van der Waals surface area contributed by atoms with Crippen molar-refractivity contribution in [2.75, 3.05) is 11.9 Å². The molecule has 0 atom stereocenters. The molecule has 0 spiro atoms. The second-order valence-corrected chi connectivity index (χ2v) is 5.60. The fourth-order valence-electron chi connectivity index (χ4n) is 1.91. The Balaban J connectivity index is 2.16. The lowest BCUT2D eigenvalue weighted by Gasteiger charge is -2.10. The highest BCUT2D eigenvalue weighted by atomic mass is 16.1. The van der Waals surface area contributed by atoms with Gasteiger partial charge in [-0.15, -0.1) is 0 Å². The van der Waals surface area contributed by atoms with E-state index in [-0.39, 0.29) is 5.91 Å². The lowest BCUT2D eigenvalue weighted by molar-refractivity contribution is 0.0943. The Bertz CT molecular complexity index is 732. The van der Waals surface area contributed by atoms with Crippen molar-refractivity contribution >= 4 is 17.4 Å². The molecule has 2 N–H and O–H groups in total. The SMILES string of the molecule is Cc1nc(Nc2ccc(C#N)cc2)cc(C(=O)NCC(C)C)n1. The summed E-state index contributed by atoms with van der Waals surface area (Å²) >= 11 is 0. The van der Waals surface area contributed by atoms with Crippen LogP contribution in [0, 0.1) is 24.2 Å². The standard InChI is InChI=1S/C17H19N5O/c1-11(2)10-19-17(23)15-8-16(21-12(3)20-15)22-14-6-4-13(9-18)5-7-14/h4-8,11H,10H2,1-3H3,(H,19,23)(H,20,21,22). The molecule has 0 saturated carbocycles. The third kappa shape index (κ3) is 4.78. The van der Waals surface area contributed by atoms with Gasteiger partial charge in [0, 0.05) is 18.3 Å². The third-order valence-electron chi connectivity index (χ3n) is 3.03. The number of rotatable bonds is 5. The van der Waals surface area contributed by atoms with Crippen LogP contribution in [0.5, 0.6) is 0 Å².